The highest BCUT2D eigenvalue weighted by molar-refractivity contribution is 6.32. The van der Waals surface area contributed by atoms with Crippen LogP contribution in [0.4, 0.5) is 10.1 Å². The van der Waals surface area contributed by atoms with Gasteiger partial charge in [0.2, 0.25) is 11.8 Å². The lowest BCUT2D eigenvalue weighted by atomic mass is 9.64. The number of imide groups is 1. The van der Waals surface area contributed by atoms with E-state index in [9.17, 15) is 19.2 Å². The van der Waals surface area contributed by atoms with Gasteiger partial charge in [-0.3, -0.25) is 24.5 Å². The number of halogens is 2. The fourth-order valence-electron chi connectivity index (χ4n) is 8.90. The number of hydrogen-bond acceptors (Lipinski definition) is 7. The summed E-state index contributed by atoms with van der Waals surface area (Å²) in [6.07, 6.45) is 9.04. The summed E-state index contributed by atoms with van der Waals surface area (Å²) in [6, 6.07) is 13.4. The van der Waals surface area contributed by atoms with Gasteiger partial charge < -0.3 is 15.1 Å². The predicted octanol–water partition coefficient (Wildman–Crippen LogP) is 5.57. The molecule has 2 aromatic carbocycles. The number of likely N-dealkylation sites (tertiary alicyclic amines) is 2. The molecule has 3 amide bonds. The lowest BCUT2D eigenvalue weighted by Gasteiger charge is -2.46. The van der Waals surface area contributed by atoms with Crippen molar-refractivity contribution in [1.29, 1.82) is 0 Å². The van der Waals surface area contributed by atoms with Crippen molar-refractivity contribution in [2.24, 2.45) is 12.5 Å². The molecule has 1 aliphatic carbocycles. The van der Waals surface area contributed by atoms with Crippen LogP contribution in [-0.2, 0) is 16.6 Å². The summed E-state index contributed by atoms with van der Waals surface area (Å²) in [5, 5.41) is 10.0. The molecular weight excluding hydrogens is 671 g/mol. The number of nitrogens with one attached hydrogen (secondary N) is 2. The first-order chi connectivity index (χ1) is 24.5. The first-order valence-electron chi connectivity index (χ1n) is 18.2. The molecule has 4 fully saturated rings. The summed E-state index contributed by atoms with van der Waals surface area (Å²) in [5.74, 6) is -1.10. The standard InChI is InChI=1S/C39H46ClFN6O4/c1-45-22-28(19-29(23-45)43-33-21-42-46(2)38(51)35(33)40)24-3-5-26(6-4-24)37(50)47-17-15-39(16-18-47)13-11-25(12-14-39)27-7-8-30(32(41)20-27)31-9-10-34(48)44-36(31)49/h3-8,20-21,25,28-29,31,43H,9-19,22-23H2,1-2H3,(H,44,48,49). The Balaban J connectivity index is 0.911. The van der Waals surface area contributed by atoms with Gasteiger partial charge in [0.25, 0.3) is 11.5 Å². The third-order valence-electron chi connectivity index (χ3n) is 12.0. The fraction of sp³-hybridized carbons (Fsp3) is 0.513. The zero-order valence-electron chi connectivity index (χ0n) is 29.3. The van der Waals surface area contributed by atoms with Gasteiger partial charge in [-0.2, -0.15) is 5.10 Å². The molecule has 10 nitrogen and oxygen atoms in total. The quantitative estimate of drug-likeness (QED) is 0.321. The molecule has 51 heavy (non-hydrogen) atoms. The molecule has 0 bridgehead atoms. The minimum Gasteiger partial charge on any atom is -0.378 e. The number of benzene rings is 2. The largest absolute Gasteiger partial charge is 0.378 e. The molecule has 3 saturated heterocycles. The minimum atomic E-state index is -0.620. The Labute approximate surface area is 302 Å². The summed E-state index contributed by atoms with van der Waals surface area (Å²) < 4.78 is 16.4. The van der Waals surface area contributed by atoms with Crippen molar-refractivity contribution < 1.29 is 18.8 Å². The zero-order valence-corrected chi connectivity index (χ0v) is 30.1. The van der Waals surface area contributed by atoms with E-state index in [2.05, 4.69) is 39.8 Å². The van der Waals surface area contributed by atoms with E-state index in [0.29, 0.717) is 23.2 Å². The Hall–Kier alpha value is -4.09. The van der Waals surface area contributed by atoms with Crippen LogP contribution in [0.1, 0.15) is 103 Å². The third-order valence-corrected chi connectivity index (χ3v) is 12.3. The Morgan fingerprint density at radius 2 is 1.65 bits per heavy atom. The molecule has 4 aliphatic rings. The van der Waals surface area contributed by atoms with Crippen LogP contribution < -0.4 is 16.2 Å². The van der Waals surface area contributed by atoms with Crippen LogP contribution in [0.3, 0.4) is 0 Å². The number of carbonyl (C=O) groups is 3. The van der Waals surface area contributed by atoms with E-state index in [1.165, 1.54) is 10.2 Å². The lowest BCUT2D eigenvalue weighted by molar-refractivity contribution is -0.134. The van der Waals surface area contributed by atoms with E-state index < -0.39 is 11.8 Å². The number of aromatic nitrogens is 2. The number of likely N-dealkylation sites (N-methyl/N-ethyl adjacent to an activating group) is 1. The van der Waals surface area contributed by atoms with E-state index in [1.807, 2.05) is 23.1 Å². The molecule has 1 saturated carbocycles. The maximum absolute atomic E-state index is 15.2. The third kappa shape index (κ3) is 7.46. The second kappa shape index (κ2) is 14.5. The summed E-state index contributed by atoms with van der Waals surface area (Å²) in [5.41, 5.74) is 3.66. The lowest BCUT2D eigenvalue weighted by Crippen LogP contribution is -2.44. The van der Waals surface area contributed by atoms with Crippen molar-refractivity contribution >= 4 is 35.0 Å². The number of piperidine rings is 3. The Kier molecular flexibility index (Phi) is 10.0. The molecule has 270 valence electrons. The minimum absolute atomic E-state index is 0.0739. The van der Waals surface area contributed by atoms with Crippen molar-refractivity contribution in [2.45, 2.75) is 81.6 Å². The molecule has 1 spiro atoms. The highest BCUT2D eigenvalue weighted by atomic mass is 35.5. The number of rotatable bonds is 6. The van der Waals surface area contributed by atoms with Gasteiger partial charge in [-0.05, 0) is 105 Å². The number of nitrogens with zero attached hydrogens (tertiary/aromatic N) is 4. The van der Waals surface area contributed by atoms with E-state index in [4.69, 9.17) is 11.6 Å². The molecule has 3 aromatic rings. The van der Waals surface area contributed by atoms with Gasteiger partial charge in [0.1, 0.15) is 10.8 Å². The van der Waals surface area contributed by atoms with E-state index in [-0.39, 0.29) is 57.9 Å². The molecule has 3 aliphatic heterocycles. The van der Waals surface area contributed by atoms with Gasteiger partial charge in [0.05, 0.1) is 17.8 Å². The molecule has 1 aromatic heterocycles. The average Bonchev–Trinajstić information content (AvgIpc) is 3.12. The van der Waals surface area contributed by atoms with E-state index in [0.717, 1.165) is 76.7 Å². The molecular formula is C39H46ClFN6O4. The highest BCUT2D eigenvalue weighted by Crippen LogP contribution is 2.49. The van der Waals surface area contributed by atoms with Gasteiger partial charge in [-0.1, -0.05) is 35.9 Å². The highest BCUT2D eigenvalue weighted by Gasteiger charge is 2.40. The van der Waals surface area contributed by atoms with E-state index in [1.54, 1.807) is 25.4 Å². The van der Waals surface area contributed by atoms with Crippen LogP contribution in [-0.4, -0.2) is 76.6 Å². The normalized spacial score (nSPS) is 24.4. The maximum atomic E-state index is 15.2. The van der Waals surface area contributed by atoms with Gasteiger partial charge in [-0.25, -0.2) is 9.07 Å². The van der Waals surface area contributed by atoms with Crippen molar-refractivity contribution in [3.8, 4) is 0 Å². The second-order valence-electron chi connectivity index (χ2n) is 15.3. The average molecular weight is 717 g/mol. The van der Waals surface area contributed by atoms with Crippen molar-refractivity contribution in [2.75, 3.05) is 38.5 Å². The number of amides is 3. The van der Waals surface area contributed by atoms with Gasteiger partial charge in [-0.15, -0.1) is 0 Å². The van der Waals surface area contributed by atoms with Crippen molar-refractivity contribution in [3.63, 3.8) is 0 Å². The summed E-state index contributed by atoms with van der Waals surface area (Å²) in [7, 11) is 3.66. The van der Waals surface area contributed by atoms with Crippen LogP contribution in [0.2, 0.25) is 5.02 Å². The molecule has 2 N–H and O–H groups in total. The van der Waals surface area contributed by atoms with E-state index >= 15 is 4.39 Å². The van der Waals surface area contributed by atoms with Crippen LogP contribution in [0, 0.1) is 11.2 Å². The first-order valence-corrected chi connectivity index (χ1v) is 18.6. The van der Waals surface area contributed by atoms with Gasteiger partial charge in [0.15, 0.2) is 0 Å². The van der Waals surface area contributed by atoms with Gasteiger partial charge >= 0.3 is 0 Å². The number of carbonyl (C=O) groups excluding carboxylic acids is 3. The molecule has 0 radical (unpaired) electrons. The Bertz CT molecular complexity index is 1860. The summed E-state index contributed by atoms with van der Waals surface area (Å²) in [4.78, 5) is 53.9. The van der Waals surface area contributed by atoms with Crippen molar-refractivity contribution in [1.82, 2.24) is 24.9 Å². The Morgan fingerprint density at radius 3 is 2.33 bits per heavy atom. The number of aryl methyl sites for hydroxylation is 1. The Morgan fingerprint density at radius 1 is 0.941 bits per heavy atom. The maximum Gasteiger partial charge on any atom is 0.287 e. The SMILES string of the molecule is CN1CC(Nc2cnn(C)c(=O)c2Cl)CC(c2ccc(C(=O)N3CCC4(CCC(c5ccc(C6CCC(=O)NC6=O)c(F)c5)CC4)CC3)cc2)C1. The smallest absolute Gasteiger partial charge is 0.287 e. The van der Waals surface area contributed by atoms with Crippen LogP contribution in [0.15, 0.2) is 53.5 Å². The molecule has 3 atom stereocenters. The monoisotopic (exact) mass is 716 g/mol. The van der Waals surface area contributed by atoms with Crippen molar-refractivity contribution in [3.05, 3.63) is 92.1 Å². The first kappa shape index (κ1) is 35.3. The summed E-state index contributed by atoms with van der Waals surface area (Å²) in [6.45, 7) is 3.18. The second-order valence-corrected chi connectivity index (χ2v) is 15.6. The predicted molar refractivity (Wildman–Crippen MR) is 193 cm³/mol. The van der Waals surface area contributed by atoms with Crippen LogP contribution in [0.25, 0.3) is 0 Å². The van der Waals surface area contributed by atoms with Gasteiger partial charge in [0, 0.05) is 56.8 Å². The number of hydrogen-bond donors (Lipinski definition) is 2. The number of anilines is 1. The van der Waals surface area contributed by atoms with Crippen LogP contribution >= 0.6 is 11.6 Å². The molecule has 4 heterocycles. The summed E-state index contributed by atoms with van der Waals surface area (Å²) >= 11 is 6.31. The molecule has 12 heteroatoms. The fourth-order valence-corrected chi connectivity index (χ4v) is 9.12. The topological polar surface area (TPSA) is 117 Å². The molecule has 3 unspecified atom stereocenters. The molecule has 7 rings (SSSR count). The zero-order chi connectivity index (χ0) is 35.9. The van der Waals surface area contributed by atoms with Crippen LogP contribution in [0.5, 0.6) is 0 Å².